The van der Waals surface area contributed by atoms with E-state index in [9.17, 15) is 19.2 Å². The average Bonchev–Trinajstić information content (AvgIpc) is 2.71. The predicted molar refractivity (Wildman–Crippen MR) is 102 cm³/mol. The maximum Gasteiger partial charge on any atom is 0.408 e. The van der Waals surface area contributed by atoms with Crippen LogP contribution in [0.2, 0.25) is 0 Å². The molecule has 4 N–H and O–H groups in total. The zero-order valence-electron chi connectivity index (χ0n) is 15.5. The number of urea groups is 1. The Labute approximate surface area is 167 Å². The van der Waals surface area contributed by atoms with Crippen LogP contribution in [0.3, 0.4) is 0 Å². The molecule has 0 aromatic heterocycles. The normalized spacial score (nSPS) is 11.0. The van der Waals surface area contributed by atoms with Crippen LogP contribution in [0.15, 0.2) is 60.7 Å². The molecule has 0 aliphatic rings. The van der Waals surface area contributed by atoms with Crippen LogP contribution in [0.1, 0.15) is 11.1 Å². The highest BCUT2D eigenvalue weighted by Crippen LogP contribution is 2.06. The van der Waals surface area contributed by atoms with Gasteiger partial charge in [0.25, 0.3) is 5.91 Å². The van der Waals surface area contributed by atoms with E-state index in [0.717, 1.165) is 11.1 Å². The molecule has 9 heteroatoms. The molecular weight excluding hydrogens is 378 g/mol. The summed E-state index contributed by atoms with van der Waals surface area (Å²) < 4.78 is 10.0. The summed E-state index contributed by atoms with van der Waals surface area (Å²) in [6.07, 6.45) is -0.689. The molecule has 4 amide bonds. The quantitative estimate of drug-likeness (QED) is 0.572. The van der Waals surface area contributed by atoms with E-state index in [0.29, 0.717) is 0 Å². The molecule has 0 spiro atoms. The molecule has 2 aromatic carbocycles. The Morgan fingerprint density at radius 2 is 1.45 bits per heavy atom. The highest BCUT2D eigenvalue weighted by atomic mass is 16.6. The number of imide groups is 1. The van der Waals surface area contributed by atoms with E-state index >= 15 is 0 Å². The number of ether oxygens (including phenoxy) is 2. The molecule has 0 fully saturated rings. The monoisotopic (exact) mass is 399 g/mol. The molecule has 1 atom stereocenters. The molecule has 0 radical (unpaired) electrons. The van der Waals surface area contributed by atoms with Gasteiger partial charge in [0, 0.05) is 6.42 Å². The molecule has 29 heavy (non-hydrogen) atoms. The van der Waals surface area contributed by atoms with Gasteiger partial charge in [-0.1, -0.05) is 60.7 Å². The number of primary amides is 1. The molecule has 0 bridgehead atoms. The fraction of sp³-hybridized carbons (Fsp3) is 0.200. The first-order valence-corrected chi connectivity index (χ1v) is 8.71. The van der Waals surface area contributed by atoms with E-state index in [1.165, 1.54) is 0 Å². The molecular formula is C20H21N3O6. The number of hydrogen-bond donors (Lipinski definition) is 3. The van der Waals surface area contributed by atoms with Crippen molar-refractivity contribution in [2.75, 3.05) is 6.61 Å². The number of benzene rings is 2. The Morgan fingerprint density at radius 3 is 2.03 bits per heavy atom. The Kier molecular flexibility index (Phi) is 8.18. The second-order valence-corrected chi connectivity index (χ2v) is 5.97. The number of rotatable bonds is 8. The van der Waals surface area contributed by atoms with Crippen molar-refractivity contribution < 1.29 is 28.7 Å². The van der Waals surface area contributed by atoms with Crippen LogP contribution in [0, 0.1) is 0 Å². The number of carbonyl (C=O) groups excluding carboxylic acids is 4. The molecule has 0 aliphatic heterocycles. The lowest BCUT2D eigenvalue weighted by Gasteiger charge is -2.17. The number of nitrogens with one attached hydrogen (secondary N) is 2. The summed E-state index contributed by atoms with van der Waals surface area (Å²) in [6, 6.07) is 15.8. The third-order valence-corrected chi connectivity index (χ3v) is 3.68. The molecule has 0 saturated carbocycles. The second kappa shape index (κ2) is 11.1. The summed E-state index contributed by atoms with van der Waals surface area (Å²) in [5.41, 5.74) is 6.37. The van der Waals surface area contributed by atoms with Crippen LogP contribution in [0.25, 0.3) is 0 Å². The van der Waals surface area contributed by atoms with E-state index in [1.54, 1.807) is 41.7 Å². The van der Waals surface area contributed by atoms with Crippen molar-refractivity contribution in [2.24, 2.45) is 5.73 Å². The number of carbonyl (C=O) groups is 4. The summed E-state index contributed by atoms with van der Waals surface area (Å²) in [5.74, 6) is -1.74. The molecule has 152 valence electrons. The number of esters is 1. The molecule has 0 saturated heterocycles. The lowest BCUT2D eigenvalue weighted by Crippen LogP contribution is -2.45. The maximum atomic E-state index is 12.4. The van der Waals surface area contributed by atoms with E-state index in [1.807, 2.05) is 24.3 Å². The minimum atomic E-state index is -1.10. The minimum absolute atomic E-state index is 0.0286. The smallest absolute Gasteiger partial charge is 0.408 e. The van der Waals surface area contributed by atoms with Crippen molar-refractivity contribution in [1.29, 1.82) is 0 Å². The van der Waals surface area contributed by atoms with Crippen molar-refractivity contribution in [3.05, 3.63) is 71.8 Å². The maximum absolute atomic E-state index is 12.4. The molecule has 2 rings (SSSR count). The predicted octanol–water partition coefficient (Wildman–Crippen LogP) is 1.26. The zero-order valence-corrected chi connectivity index (χ0v) is 15.5. The molecule has 2 aromatic rings. The SMILES string of the molecule is NC(=O)NC(=O)COC(=O)C(Cc1ccccc1)NC(=O)OCc1ccccc1. The fourth-order valence-electron chi connectivity index (χ4n) is 2.36. The summed E-state index contributed by atoms with van der Waals surface area (Å²) in [4.78, 5) is 46.5. The Morgan fingerprint density at radius 1 is 0.862 bits per heavy atom. The van der Waals surface area contributed by atoms with Gasteiger partial charge in [-0.25, -0.2) is 14.4 Å². The van der Waals surface area contributed by atoms with E-state index in [4.69, 9.17) is 15.2 Å². The Bertz CT molecular complexity index is 842. The first kappa shape index (κ1) is 21.4. The lowest BCUT2D eigenvalue weighted by atomic mass is 10.1. The number of nitrogens with two attached hydrogens (primary N) is 1. The van der Waals surface area contributed by atoms with Crippen molar-refractivity contribution in [1.82, 2.24) is 10.6 Å². The summed E-state index contributed by atoms with van der Waals surface area (Å²) >= 11 is 0. The van der Waals surface area contributed by atoms with Crippen molar-refractivity contribution in [3.8, 4) is 0 Å². The zero-order chi connectivity index (χ0) is 21.1. The standard InChI is InChI=1S/C20H21N3O6/c21-19(26)23-17(24)13-28-18(25)16(11-14-7-3-1-4-8-14)22-20(27)29-12-15-9-5-2-6-10-15/h1-10,16H,11-13H2,(H,22,27)(H3,21,23,24,26). The third kappa shape index (κ3) is 8.12. The first-order chi connectivity index (χ1) is 13.9. The topological polar surface area (TPSA) is 137 Å². The molecule has 9 nitrogen and oxygen atoms in total. The summed E-state index contributed by atoms with van der Waals surface area (Å²) in [6.45, 7) is -0.686. The van der Waals surface area contributed by atoms with Crippen LogP contribution in [0.4, 0.5) is 9.59 Å². The summed E-state index contributed by atoms with van der Waals surface area (Å²) in [7, 11) is 0. The second-order valence-electron chi connectivity index (χ2n) is 5.97. The van der Waals surface area contributed by atoms with Crippen LogP contribution < -0.4 is 16.4 Å². The van der Waals surface area contributed by atoms with Gasteiger partial charge in [-0.2, -0.15) is 0 Å². The average molecular weight is 399 g/mol. The molecule has 1 unspecified atom stereocenters. The number of alkyl carbamates (subject to hydrolysis) is 1. The van der Waals surface area contributed by atoms with Crippen LogP contribution in [-0.2, 0) is 32.1 Å². The van der Waals surface area contributed by atoms with Gasteiger partial charge in [-0.3, -0.25) is 10.1 Å². The number of hydrogen-bond acceptors (Lipinski definition) is 6. The Balaban J connectivity index is 1.96. The Hall–Kier alpha value is -3.88. The van der Waals surface area contributed by atoms with Gasteiger partial charge >= 0.3 is 18.1 Å². The van der Waals surface area contributed by atoms with Crippen molar-refractivity contribution in [2.45, 2.75) is 19.1 Å². The third-order valence-electron chi connectivity index (χ3n) is 3.68. The summed E-state index contributed by atoms with van der Waals surface area (Å²) in [5, 5.41) is 4.22. The van der Waals surface area contributed by atoms with Gasteiger partial charge in [0.2, 0.25) is 0 Å². The highest BCUT2D eigenvalue weighted by molar-refractivity contribution is 5.95. The number of amides is 4. The van der Waals surface area contributed by atoms with E-state index in [-0.39, 0.29) is 13.0 Å². The molecule has 0 heterocycles. The minimum Gasteiger partial charge on any atom is -0.454 e. The van der Waals surface area contributed by atoms with Gasteiger partial charge in [-0.15, -0.1) is 0 Å². The first-order valence-electron chi connectivity index (χ1n) is 8.71. The van der Waals surface area contributed by atoms with Gasteiger partial charge < -0.3 is 20.5 Å². The fourth-order valence-corrected chi connectivity index (χ4v) is 2.36. The van der Waals surface area contributed by atoms with Crippen LogP contribution in [-0.4, -0.2) is 36.6 Å². The van der Waals surface area contributed by atoms with E-state index < -0.39 is 36.6 Å². The largest absolute Gasteiger partial charge is 0.454 e. The van der Waals surface area contributed by atoms with Crippen LogP contribution in [0.5, 0.6) is 0 Å². The highest BCUT2D eigenvalue weighted by Gasteiger charge is 2.24. The molecule has 0 aliphatic carbocycles. The van der Waals surface area contributed by atoms with Gasteiger partial charge in [0.15, 0.2) is 6.61 Å². The van der Waals surface area contributed by atoms with Gasteiger partial charge in [0.05, 0.1) is 0 Å². The van der Waals surface area contributed by atoms with Crippen molar-refractivity contribution >= 4 is 24.0 Å². The lowest BCUT2D eigenvalue weighted by molar-refractivity contribution is -0.150. The van der Waals surface area contributed by atoms with Gasteiger partial charge in [0.1, 0.15) is 12.6 Å². The van der Waals surface area contributed by atoms with E-state index in [2.05, 4.69) is 5.32 Å². The van der Waals surface area contributed by atoms with Gasteiger partial charge in [-0.05, 0) is 11.1 Å². The van der Waals surface area contributed by atoms with Crippen molar-refractivity contribution in [3.63, 3.8) is 0 Å². The van der Waals surface area contributed by atoms with Crippen LogP contribution >= 0.6 is 0 Å².